The minimum Gasteiger partial charge on any atom is -0.388 e. The summed E-state index contributed by atoms with van der Waals surface area (Å²) in [5, 5.41) is 14.3. The smallest absolute Gasteiger partial charge is 0.211 e. The molecular formula is C13H21NO3S2. The molecule has 108 valence electrons. The van der Waals surface area contributed by atoms with Crippen LogP contribution in [0.25, 0.3) is 0 Å². The minimum absolute atomic E-state index is 0.248. The van der Waals surface area contributed by atoms with Crippen LogP contribution in [-0.4, -0.2) is 37.2 Å². The first kappa shape index (κ1) is 15.0. The Kier molecular flexibility index (Phi) is 4.66. The number of aryl methyl sites for hydroxylation is 1. The molecule has 1 aromatic heterocycles. The fraction of sp³-hybridized carbons (Fsp3) is 0.692. The molecule has 2 unspecified atom stereocenters. The summed E-state index contributed by atoms with van der Waals surface area (Å²) in [7, 11) is -3.10. The summed E-state index contributed by atoms with van der Waals surface area (Å²) in [5.74, 6) is 0.248. The number of thiophene rings is 1. The maximum Gasteiger partial charge on any atom is 0.211 e. The molecule has 2 heterocycles. The van der Waals surface area contributed by atoms with Crippen molar-refractivity contribution in [3.63, 3.8) is 0 Å². The monoisotopic (exact) mass is 303 g/mol. The average molecular weight is 303 g/mol. The molecule has 1 N–H and O–H groups in total. The molecule has 0 saturated carbocycles. The molecule has 4 nitrogen and oxygen atoms in total. The predicted molar refractivity (Wildman–Crippen MR) is 77.8 cm³/mol. The van der Waals surface area contributed by atoms with Gasteiger partial charge in [-0.2, -0.15) is 11.3 Å². The Morgan fingerprint density at radius 3 is 2.84 bits per heavy atom. The molecule has 1 fully saturated rings. The van der Waals surface area contributed by atoms with Crippen molar-refractivity contribution < 1.29 is 13.5 Å². The van der Waals surface area contributed by atoms with E-state index in [1.165, 1.54) is 10.6 Å². The summed E-state index contributed by atoms with van der Waals surface area (Å²) in [6.07, 6.45) is 3.30. The lowest BCUT2D eigenvalue weighted by Gasteiger charge is -2.32. The van der Waals surface area contributed by atoms with E-state index in [1.807, 2.05) is 17.7 Å². The zero-order valence-electron chi connectivity index (χ0n) is 11.4. The zero-order chi connectivity index (χ0) is 14.0. The molecule has 2 atom stereocenters. The largest absolute Gasteiger partial charge is 0.388 e. The fourth-order valence-corrected chi connectivity index (χ4v) is 4.52. The van der Waals surface area contributed by atoms with E-state index < -0.39 is 16.1 Å². The number of rotatable bonds is 4. The maximum atomic E-state index is 11.6. The van der Waals surface area contributed by atoms with Gasteiger partial charge in [0.25, 0.3) is 0 Å². The number of sulfonamides is 1. The third kappa shape index (κ3) is 3.78. The van der Waals surface area contributed by atoms with E-state index in [0.717, 1.165) is 24.0 Å². The predicted octanol–water partition coefficient (Wildman–Crippen LogP) is 2.15. The number of hydrogen-bond acceptors (Lipinski definition) is 4. The van der Waals surface area contributed by atoms with E-state index in [1.54, 1.807) is 11.3 Å². The van der Waals surface area contributed by atoms with Crippen molar-refractivity contribution in [2.75, 3.05) is 19.3 Å². The quantitative estimate of drug-likeness (QED) is 0.927. The third-order valence-electron chi connectivity index (χ3n) is 3.76. The highest BCUT2D eigenvalue weighted by Crippen LogP contribution is 2.31. The molecular weight excluding hydrogens is 282 g/mol. The second kappa shape index (κ2) is 5.91. The van der Waals surface area contributed by atoms with E-state index in [9.17, 15) is 13.5 Å². The van der Waals surface area contributed by atoms with Gasteiger partial charge in [-0.1, -0.05) is 0 Å². The van der Waals surface area contributed by atoms with E-state index in [2.05, 4.69) is 0 Å². The molecule has 1 aromatic rings. The van der Waals surface area contributed by atoms with Gasteiger partial charge in [0.05, 0.1) is 12.4 Å². The normalized spacial score (nSPS) is 23.4. The molecule has 19 heavy (non-hydrogen) atoms. The van der Waals surface area contributed by atoms with Crippen LogP contribution in [0.15, 0.2) is 10.8 Å². The molecule has 1 aliphatic heterocycles. The van der Waals surface area contributed by atoms with Gasteiger partial charge in [-0.15, -0.1) is 0 Å². The Labute approximate surface area is 119 Å². The summed E-state index contributed by atoms with van der Waals surface area (Å²) in [6, 6.07) is 0. The lowest BCUT2D eigenvalue weighted by molar-refractivity contribution is 0.122. The van der Waals surface area contributed by atoms with Gasteiger partial charge in [0.2, 0.25) is 10.0 Å². The summed E-state index contributed by atoms with van der Waals surface area (Å²) in [4.78, 5) is 0. The van der Waals surface area contributed by atoms with E-state index in [-0.39, 0.29) is 5.92 Å². The Hall–Kier alpha value is -0.430. The molecule has 2 rings (SSSR count). The number of hydrogen-bond donors (Lipinski definition) is 1. The van der Waals surface area contributed by atoms with Gasteiger partial charge in [-0.05, 0) is 54.0 Å². The Morgan fingerprint density at radius 2 is 2.26 bits per heavy atom. The average Bonchev–Trinajstić information content (AvgIpc) is 2.75. The molecule has 1 aliphatic rings. The highest BCUT2D eigenvalue weighted by atomic mass is 32.2. The minimum atomic E-state index is -3.10. The third-order valence-corrected chi connectivity index (χ3v) is 5.91. The van der Waals surface area contributed by atoms with Crippen LogP contribution < -0.4 is 0 Å². The van der Waals surface area contributed by atoms with Crippen LogP contribution in [0.3, 0.4) is 0 Å². The molecule has 0 amide bonds. The second-order valence-electron chi connectivity index (χ2n) is 5.39. The van der Waals surface area contributed by atoms with Gasteiger partial charge < -0.3 is 5.11 Å². The first-order valence-corrected chi connectivity index (χ1v) is 9.33. The maximum absolute atomic E-state index is 11.6. The topological polar surface area (TPSA) is 57.6 Å². The summed E-state index contributed by atoms with van der Waals surface area (Å²) >= 11 is 1.60. The number of aliphatic hydroxyl groups excluding tert-OH is 1. The van der Waals surface area contributed by atoms with Crippen molar-refractivity contribution >= 4 is 21.4 Å². The van der Waals surface area contributed by atoms with Crippen LogP contribution in [0.5, 0.6) is 0 Å². The highest BCUT2D eigenvalue weighted by molar-refractivity contribution is 7.88. The van der Waals surface area contributed by atoms with Gasteiger partial charge in [0.1, 0.15) is 0 Å². The van der Waals surface area contributed by atoms with Gasteiger partial charge in [-0.25, -0.2) is 12.7 Å². The van der Waals surface area contributed by atoms with Crippen molar-refractivity contribution in [3.05, 3.63) is 21.9 Å². The Balaban J connectivity index is 1.98. The lowest BCUT2D eigenvalue weighted by Crippen LogP contribution is -2.39. The van der Waals surface area contributed by atoms with Crippen molar-refractivity contribution in [2.24, 2.45) is 5.92 Å². The van der Waals surface area contributed by atoms with Crippen LogP contribution in [0, 0.1) is 12.8 Å². The van der Waals surface area contributed by atoms with Crippen molar-refractivity contribution in [2.45, 2.75) is 32.3 Å². The van der Waals surface area contributed by atoms with Gasteiger partial charge in [0.15, 0.2) is 0 Å². The second-order valence-corrected chi connectivity index (χ2v) is 8.12. The number of aliphatic hydroxyl groups is 1. The molecule has 0 spiro atoms. The van der Waals surface area contributed by atoms with Gasteiger partial charge in [-0.3, -0.25) is 0 Å². The molecule has 0 bridgehead atoms. The first-order valence-electron chi connectivity index (χ1n) is 6.54. The van der Waals surface area contributed by atoms with Crippen LogP contribution in [0.1, 0.15) is 36.5 Å². The van der Waals surface area contributed by atoms with Crippen LogP contribution in [0.2, 0.25) is 0 Å². The van der Waals surface area contributed by atoms with Crippen LogP contribution in [-0.2, 0) is 10.0 Å². The summed E-state index contributed by atoms with van der Waals surface area (Å²) in [6.45, 7) is 3.15. The molecule has 1 saturated heterocycles. The van der Waals surface area contributed by atoms with Crippen molar-refractivity contribution in [1.82, 2.24) is 4.31 Å². The van der Waals surface area contributed by atoms with Gasteiger partial charge in [0, 0.05) is 13.1 Å². The Morgan fingerprint density at radius 1 is 1.53 bits per heavy atom. The van der Waals surface area contributed by atoms with E-state index in [0.29, 0.717) is 19.5 Å². The zero-order valence-corrected chi connectivity index (χ0v) is 13.0. The summed E-state index contributed by atoms with van der Waals surface area (Å²) in [5.41, 5.74) is 2.11. The molecule has 0 radical (unpaired) electrons. The van der Waals surface area contributed by atoms with Crippen LogP contribution >= 0.6 is 11.3 Å². The van der Waals surface area contributed by atoms with E-state index in [4.69, 9.17) is 0 Å². The molecule has 0 aliphatic carbocycles. The summed E-state index contributed by atoms with van der Waals surface area (Å²) < 4.78 is 24.7. The number of piperidine rings is 1. The Bertz CT molecular complexity index is 524. The number of nitrogens with zero attached hydrogens (tertiary/aromatic N) is 1. The first-order chi connectivity index (χ1) is 8.88. The lowest BCUT2D eigenvalue weighted by atomic mass is 9.91. The fourth-order valence-electron chi connectivity index (χ4n) is 2.67. The van der Waals surface area contributed by atoms with Crippen molar-refractivity contribution in [1.29, 1.82) is 0 Å². The highest BCUT2D eigenvalue weighted by Gasteiger charge is 2.27. The molecule has 6 heteroatoms. The SMILES string of the molecule is Cc1cscc1C(O)CC1CCCN(S(C)(=O)=O)C1. The van der Waals surface area contributed by atoms with Crippen LogP contribution in [0.4, 0.5) is 0 Å². The standard InChI is InChI=1S/C13H21NO3S2/c1-10-8-18-9-12(10)13(15)6-11-4-3-5-14(7-11)19(2,16)17/h8-9,11,13,15H,3-7H2,1-2H3. The van der Waals surface area contributed by atoms with E-state index >= 15 is 0 Å². The van der Waals surface area contributed by atoms with Crippen molar-refractivity contribution in [3.8, 4) is 0 Å². The van der Waals surface area contributed by atoms with Gasteiger partial charge >= 0.3 is 0 Å². The molecule has 0 aromatic carbocycles.